The van der Waals surface area contributed by atoms with Crippen molar-refractivity contribution in [2.75, 3.05) is 0 Å². The number of phenolic OH excluding ortho intramolecular Hbond substituents is 3. The minimum Gasteiger partial charge on any atom is -0.507 e. The number of benzene rings is 2. The van der Waals surface area contributed by atoms with Gasteiger partial charge in [-0.2, -0.15) is 0 Å². The molecule has 0 radical (unpaired) electrons. The summed E-state index contributed by atoms with van der Waals surface area (Å²) in [4.78, 5) is 0. The molecule has 3 N–H and O–H groups in total. The molecule has 0 spiro atoms. The van der Waals surface area contributed by atoms with Gasteiger partial charge in [-0.1, -0.05) is 18.2 Å². The van der Waals surface area contributed by atoms with E-state index in [1.807, 2.05) is 0 Å². The van der Waals surface area contributed by atoms with E-state index in [0.29, 0.717) is 22.3 Å². The number of aromatic hydroxyl groups is 3. The predicted octanol–water partition coefficient (Wildman–Crippen LogP) is 3.09. The van der Waals surface area contributed by atoms with Gasteiger partial charge in [0.05, 0.1) is 0 Å². The van der Waals surface area contributed by atoms with E-state index in [0.717, 1.165) is 0 Å². The first kappa shape index (κ1) is 11.3. The summed E-state index contributed by atoms with van der Waals surface area (Å²) in [6.45, 7) is 3.43. The summed E-state index contributed by atoms with van der Waals surface area (Å²) < 4.78 is 0. The van der Waals surface area contributed by atoms with Gasteiger partial charge in [-0.15, -0.1) is 0 Å². The van der Waals surface area contributed by atoms with Crippen LogP contribution in [-0.2, 0) is 0 Å². The highest BCUT2D eigenvalue weighted by Crippen LogP contribution is 2.42. The van der Waals surface area contributed by atoms with Gasteiger partial charge in [0.1, 0.15) is 17.2 Å². The summed E-state index contributed by atoms with van der Waals surface area (Å²) in [7, 11) is 0. The fourth-order valence-electron chi connectivity index (χ4n) is 1.98. The molecule has 0 bridgehead atoms. The summed E-state index contributed by atoms with van der Waals surface area (Å²) in [6.07, 6.45) is 0. The Morgan fingerprint density at radius 2 is 1.53 bits per heavy atom. The molecule has 0 aromatic heterocycles. The van der Waals surface area contributed by atoms with Gasteiger partial charge in [-0.05, 0) is 31.5 Å². The van der Waals surface area contributed by atoms with Gasteiger partial charge < -0.3 is 15.3 Å². The Morgan fingerprint density at radius 1 is 0.882 bits per heavy atom. The Morgan fingerprint density at radius 3 is 2.18 bits per heavy atom. The van der Waals surface area contributed by atoms with Crippen molar-refractivity contribution >= 4 is 0 Å². The maximum atomic E-state index is 9.95. The SMILES string of the molecule is Cc1cc(O)c(-c2ccccc2O)c(C)c1O. The molecule has 0 atom stereocenters. The molecule has 2 rings (SSSR count). The molecule has 0 unspecified atom stereocenters. The average Bonchev–Trinajstić information content (AvgIpc) is 2.29. The minimum atomic E-state index is 0.0549. The van der Waals surface area contributed by atoms with E-state index in [4.69, 9.17) is 0 Å². The summed E-state index contributed by atoms with van der Waals surface area (Å²) in [6, 6.07) is 8.21. The van der Waals surface area contributed by atoms with E-state index >= 15 is 0 Å². The van der Waals surface area contributed by atoms with E-state index in [-0.39, 0.29) is 17.2 Å². The van der Waals surface area contributed by atoms with Gasteiger partial charge in [0.15, 0.2) is 0 Å². The number of rotatable bonds is 1. The zero-order chi connectivity index (χ0) is 12.6. The summed E-state index contributed by atoms with van der Waals surface area (Å²) in [5.74, 6) is 0.273. The quantitative estimate of drug-likeness (QED) is 0.660. The first-order valence-corrected chi connectivity index (χ1v) is 5.33. The van der Waals surface area contributed by atoms with Crippen LogP contribution in [0.3, 0.4) is 0 Å². The second kappa shape index (κ2) is 4.01. The molecule has 2 aromatic rings. The number of aryl methyl sites for hydroxylation is 1. The Hall–Kier alpha value is -2.16. The molecule has 0 aliphatic heterocycles. The van der Waals surface area contributed by atoms with Gasteiger partial charge in [0.25, 0.3) is 0 Å². The van der Waals surface area contributed by atoms with Crippen molar-refractivity contribution in [3.05, 3.63) is 41.5 Å². The molecule has 17 heavy (non-hydrogen) atoms. The van der Waals surface area contributed by atoms with Crippen LogP contribution in [0.5, 0.6) is 17.2 Å². The highest BCUT2D eigenvalue weighted by Gasteiger charge is 2.16. The lowest BCUT2D eigenvalue weighted by Gasteiger charge is -2.13. The van der Waals surface area contributed by atoms with Gasteiger partial charge in [-0.25, -0.2) is 0 Å². The van der Waals surface area contributed by atoms with Crippen LogP contribution in [0.15, 0.2) is 30.3 Å². The molecule has 0 aliphatic rings. The standard InChI is InChI=1S/C14H14O3/c1-8-7-12(16)13(9(2)14(8)17)10-5-3-4-6-11(10)15/h3-7,15-17H,1-2H3. The Balaban J connectivity index is 2.77. The molecule has 0 aliphatic carbocycles. The van der Waals surface area contributed by atoms with Crippen molar-refractivity contribution < 1.29 is 15.3 Å². The molecule has 0 heterocycles. The van der Waals surface area contributed by atoms with Crippen molar-refractivity contribution in [1.82, 2.24) is 0 Å². The smallest absolute Gasteiger partial charge is 0.124 e. The maximum Gasteiger partial charge on any atom is 0.124 e. The van der Waals surface area contributed by atoms with Gasteiger partial charge in [-0.3, -0.25) is 0 Å². The third kappa shape index (κ3) is 1.80. The van der Waals surface area contributed by atoms with Crippen LogP contribution in [0, 0.1) is 13.8 Å². The highest BCUT2D eigenvalue weighted by atomic mass is 16.3. The highest BCUT2D eigenvalue weighted by molar-refractivity contribution is 5.80. The Bertz CT molecular complexity index is 574. The zero-order valence-electron chi connectivity index (χ0n) is 9.73. The lowest BCUT2D eigenvalue weighted by molar-refractivity contribution is 0.453. The maximum absolute atomic E-state index is 9.95. The molecule has 3 heteroatoms. The summed E-state index contributed by atoms with van der Waals surface area (Å²) in [5.41, 5.74) is 2.15. The molecule has 0 fully saturated rings. The van der Waals surface area contributed by atoms with E-state index < -0.39 is 0 Å². The van der Waals surface area contributed by atoms with Crippen LogP contribution in [0.25, 0.3) is 11.1 Å². The van der Waals surface area contributed by atoms with Crippen molar-refractivity contribution in [2.24, 2.45) is 0 Å². The van der Waals surface area contributed by atoms with Crippen LogP contribution in [0.1, 0.15) is 11.1 Å². The number of hydrogen-bond donors (Lipinski definition) is 3. The van der Waals surface area contributed by atoms with Crippen LogP contribution in [-0.4, -0.2) is 15.3 Å². The first-order chi connectivity index (χ1) is 8.02. The lowest BCUT2D eigenvalue weighted by atomic mass is 9.96. The molecule has 3 nitrogen and oxygen atoms in total. The second-order valence-electron chi connectivity index (χ2n) is 4.08. The normalized spacial score (nSPS) is 10.5. The molecule has 88 valence electrons. The van der Waals surface area contributed by atoms with E-state index in [1.54, 1.807) is 38.1 Å². The van der Waals surface area contributed by atoms with Crippen LogP contribution >= 0.6 is 0 Å². The average molecular weight is 230 g/mol. The fraction of sp³-hybridized carbons (Fsp3) is 0.143. The molecular formula is C14H14O3. The molecule has 0 saturated carbocycles. The van der Waals surface area contributed by atoms with Crippen molar-refractivity contribution in [2.45, 2.75) is 13.8 Å². The molecule has 0 saturated heterocycles. The Labute approximate surface area is 99.6 Å². The third-order valence-electron chi connectivity index (χ3n) is 2.89. The minimum absolute atomic E-state index is 0.0549. The predicted molar refractivity (Wildman–Crippen MR) is 66.3 cm³/mol. The summed E-state index contributed by atoms with van der Waals surface area (Å²) in [5, 5.41) is 29.6. The fourth-order valence-corrected chi connectivity index (χ4v) is 1.98. The van der Waals surface area contributed by atoms with Crippen LogP contribution in [0.2, 0.25) is 0 Å². The topological polar surface area (TPSA) is 60.7 Å². The van der Waals surface area contributed by atoms with Crippen molar-refractivity contribution in [1.29, 1.82) is 0 Å². The number of para-hydroxylation sites is 1. The van der Waals surface area contributed by atoms with E-state index in [2.05, 4.69) is 0 Å². The van der Waals surface area contributed by atoms with E-state index in [1.165, 1.54) is 6.07 Å². The monoisotopic (exact) mass is 230 g/mol. The third-order valence-corrected chi connectivity index (χ3v) is 2.89. The van der Waals surface area contributed by atoms with Crippen LogP contribution < -0.4 is 0 Å². The zero-order valence-corrected chi connectivity index (χ0v) is 9.73. The Kier molecular flexibility index (Phi) is 2.68. The first-order valence-electron chi connectivity index (χ1n) is 5.33. The van der Waals surface area contributed by atoms with Gasteiger partial charge in [0.2, 0.25) is 0 Å². The largest absolute Gasteiger partial charge is 0.507 e. The summed E-state index contributed by atoms with van der Waals surface area (Å²) >= 11 is 0. The molecule has 0 amide bonds. The molecular weight excluding hydrogens is 216 g/mol. The molecule has 2 aromatic carbocycles. The van der Waals surface area contributed by atoms with Crippen molar-refractivity contribution in [3.63, 3.8) is 0 Å². The van der Waals surface area contributed by atoms with E-state index in [9.17, 15) is 15.3 Å². The van der Waals surface area contributed by atoms with Crippen molar-refractivity contribution in [3.8, 4) is 28.4 Å². The number of hydrogen-bond acceptors (Lipinski definition) is 3. The lowest BCUT2D eigenvalue weighted by Crippen LogP contribution is -1.89. The van der Waals surface area contributed by atoms with Gasteiger partial charge in [0, 0.05) is 16.7 Å². The number of phenols is 3. The van der Waals surface area contributed by atoms with Crippen LogP contribution in [0.4, 0.5) is 0 Å². The van der Waals surface area contributed by atoms with Gasteiger partial charge >= 0.3 is 0 Å². The second-order valence-corrected chi connectivity index (χ2v) is 4.08.